The van der Waals surface area contributed by atoms with Crippen LogP contribution in [0.25, 0.3) is 12.2 Å². The highest BCUT2D eigenvalue weighted by Gasteiger charge is 2.02. The minimum absolute atomic E-state index is 0.681. The molecule has 1 heterocycles. The van der Waals surface area contributed by atoms with Crippen LogP contribution in [-0.2, 0) is 0 Å². The number of nitrogens with zero attached hydrogens (tertiary/aromatic N) is 1. The molecule has 12 heavy (non-hydrogen) atoms. The summed E-state index contributed by atoms with van der Waals surface area (Å²) >= 11 is 0. The van der Waals surface area contributed by atoms with Gasteiger partial charge in [0.1, 0.15) is 5.69 Å². The van der Waals surface area contributed by atoms with Crippen LogP contribution < -0.4 is 0 Å². The Hall–Kier alpha value is -1.31. The monoisotopic (exact) mass is 163 g/mol. The van der Waals surface area contributed by atoms with E-state index < -0.39 is 0 Å². The van der Waals surface area contributed by atoms with Crippen molar-refractivity contribution in [2.45, 2.75) is 20.3 Å². The van der Waals surface area contributed by atoms with Crippen LogP contribution in [0.3, 0.4) is 0 Å². The van der Waals surface area contributed by atoms with Gasteiger partial charge in [0.05, 0.1) is 0 Å². The molecule has 0 saturated carbocycles. The molecule has 0 radical (unpaired) electrons. The normalized spacial score (nSPS) is 10.8. The summed E-state index contributed by atoms with van der Waals surface area (Å²) in [7, 11) is 0. The van der Waals surface area contributed by atoms with Gasteiger partial charge in [-0.3, -0.25) is 0 Å². The lowest BCUT2D eigenvalue weighted by molar-refractivity contribution is 0.512. The van der Waals surface area contributed by atoms with Crippen molar-refractivity contribution in [2.24, 2.45) is 0 Å². The number of hydrogen-bond donors (Lipinski definition) is 0. The number of allylic oxidation sites excluding steroid dienone is 1. The van der Waals surface area contributed by atoms with Crippen molar-refractivity contribution < 1.29 is 4.42 Å². The summed E-state index contributed by atoms with van der Waals surface area (Å²) in [5, 5.41) is 0. The first-order valence-corrected chi connectivity index (χ1v) is 4.04. The molecule has 1 aromatic heterocycles. The summed E-state index contributed by atoms with van der Waals surface area (Å²) in [5.41, 5.74) is 0.817. The van der Waals surface area contributed by atoms with Crippen molar-refractivity contribution in [2.75, 3.05) is 0 Å². The standard InChI is InChI=1S/C10H13NO/c1-4-6-7-10-9(5-2)11-8(3)12-10/h5-7H,2,4H2,1,3H3. The fourth-order valence-corrected chi connectivity index (χ4v) is 0.949. The van der Waals surface area contributed by atoms with Gasteiger partial charge in [-0.25, -0.2) is 4.98 Å². The fraction of sp³-hybridized carbons (Fsp3) is 0.300. The Bertz CT molecular complexity index is 297. The number of rotatable bonds is 3. The molecule has 0 aliphatic rings. The summed E-state index contributed by atoms with van der Waals surface area (Å²) in [6.45, 7) is 7.56. The maximum Gasteiger partial charge on any atom is 0.192 e. The first-order chi connectivity index (χ1) is 5.77. The number of aromatic nitrogens is 1. The highest BCUT2D eigenvalue weighted by molar-refractivity contribution is 5.56. The van der Waals surface area contributed by atoms with Gasteiger partial charge >= 0.3 is 0 Å². The minimum atomic E-state index is 0.681. The van der Waals surface area contributed by atoms with E-state index in [0.717, 1.165) is 17.9 Å². The first kappa shape index (κ1) is 8.78. The molecule has 64 valence electrons. The van der Waals surface area contributed by atoms with Crippen LogP contribution in [0.1, 0.15) is 30.7 Å². The zero-order valence-electron chi connectivity index (χ0n) is 7.50. The Morgan fingerprint density at radius 1 is 1.58 bits per heavy atom. The molecule has 0 aliphatic heterocycles. The summed E-state index contributed by atoms with van der Waals surface area (Å²) < 4.78 is 5.34. The summed E-state index contributed by atoms with van der Waals surface area (Å²) in [6, 6.07) is 0. The largest absolute Gasteiger partial charge is 0.441 e. The second-order valence-corrected chi connectivity index (χ2v) is 2.50. The van der Waals surface area contributed by atoms with E-state index in [4.69, 9.17) is 4.42 Å². The summed E-state index contributed by atoms with van der Waals surface area (Å²) in [5.74, 6) is 1.48. The van der Waals surface area contributed by atoms with Gasteiger partial charge in [-0.15, -0.1) is 0 Å². The van der Waals surface area contributed by atoms with Crippen molar-refractivity contribution in [1.82, 2.24) is 4.98 Å². The van der Waals surface area contributed by atoms with Gasteiger partial charge in [0.15, 0.2) is 11.7 Å². The Morgan fingerprint density at radius 3 is 2.92 bits per heavy atom. The molecule has 0 aliphatic carbocycles. The second-order valence-electron chi connectivity index (χ2n) is 2.50. The van der Waals surface area contributed by atoms with Gasteiger partial charge < -0.3 is 4.42 Å². The van der Waals surface area contributed by atoms with E-state index in [2.05, 4.69) is 18.5 Å². The zero-order chi connectivity index (χ0) is 8.97. The predicted molar refractivity (Wildman–Crippen MR) is 50.7 cm³/mol. The van der Waals surface area contributed by atoms with Gasteiger partial charge in [0.25, 0.3) is 0 Å². The van der Waals surface area contributed by atoms with Crippen molar-refractivity contribution in [3.05, 3.63) is 30.0 Å². The quantitative estimate of drug-likeness (QED) is 0.684. The molecule has 0 bridgehead atoms. The molecular formula is C10H13NO. The molecule has 2 nitrogen and oxygen atoms in total. The van der Waals surface area contributed by atoms with E-state index in [1.165, 1.54) is 0 Å². The van der Waals surface area contributed by atoms with Gasteiger partial charge in [-0.1, -0.05) is 19.6 Å². The molecule has 0 atom stereocenters. The van der Waals surface area contributed by atoms with Crippen molar-refractivity contribution in [1.29, 1.82) is 0 Å². The van der Waals surface area contributed by atoms with Crippen LogP contribution in [0.2, 0.25) is 0 Å². The Balaban J connectivity index is 2.96. The third kappa shape index (κ3) is 1.84. The van der Waals surface area contributed by atoms with Crippen LogP contribution in [0.15, 0.2) is 17.1 Å². The SMILES string of the molecule is C=Cc1nc(C)oc1C=CCC. The van der Waals surface area contributed by atoms with Gasteiger partial charge in [-0.05, 0) is 18.6 Å². The average molecular weight is 163 g/mol. The van der Waals surface area contributed by atoms with E-state index in [1.807, 2.05) is 19.1 Å². The minimum Gasteiger partial charge on any atom is -0.441 e. The van der Waals surface area contributed by atoms with E-state index in [-0.39, 0.29) is 0 Å². The smallest absolute Gasteiger partial charge is 0.192 e. The topological polar surface area (TPSA) is 26.0 Å². The van der Waals surface area contributed by atoms with Crippen molar-refractivity contribution in [3.8, 4) is 0 Å². The van der Waals surface area contributed by atoms with Crippen molar-refractivity contribution in [3.63, 3.8) is 0 Å². The molecule has 0 N–H and O–H groups in total. The zero-order valence-corrected chi connectivity index (χ0v) is 7.50. The summed E-state index contributed by atoms with van der Waals surface area (Å²) in [6.07, 6.45) is 6.66. The molecule has 0 fully saturated rings. The van der Waals surface area contributed by atoms with E-state index >= 15 is 0 Å². The van der Waals surface area contributed by atoms with E-state index in [9.17, 15) is 0 Å². The van der Waals surface area contributed by atoms with E-state index in [1.54, 1.807) is 6.08 Å². The highest BCUT2D eigenvalue weighted by Crippen LogP contribution is 2.13. The maximum absolute atomic E-state index is 5.34. The van der Waals surface area contributed by atoms with Crippen LogP contribution >= 0.6 is 0 Å². The lowest BCUT2D eigenvalue weighted by Gasteiger charge is -1.85. The van der Waals surface area contributed by atoms with Crippen LogP contribution in [0.5, 0.6) is 0 Å². The van der Waals surface area contributed by atoms with E-state index in [0.29, 0.717) is 5.89 Å². The van der Waals surface area contributed by atoms with Crippen LogP contribution in [0, 0.1) is 6.92 Å². The third-order valence-electron chi connectivity index (χ3n) is 1.49. The highest BCUT2D eigenvalue weighted by atomic mass is 16.4. The Labute approximate surface area is 72.6 Å². The Kier molecular flexibility index (Phi) is 2.86. The molecule has 1 rings (SSSR count). The number of aryl methyl sites for hydroxylation is 1. The molecule has 0 spiro atoms. The first-order valence-electron chi connectivity index (χ1n) is 4.04. The Morgan fingerprint density at radius 2 is 2.33 bits per heavy atom. The molecule has 0 aromatic carbocycles. The van der Waals surface area contributed by atoms with Gasteiger partial charge in [-0.2, -0.15) is 0 Å². The molecule has 2 heteroatoms. The molecule has 0 unspecified atom stereocenters. The lowest BCUT2D eigenvalue weighted by atomic mass is 10.3. The van der Waals surface area contributed by atoms with Crippen molar-refractivity contribution >= 4 is 12.2 Å². The van der Waals surface area contributed by atoms with Gasteiger partial charge in [0.2, 0.25) is 0 Å². The molecule has 0 saturated heterocycles. The number of oxazole rings is 1. The third-order valence-corrected chi connectivity index (χ3v) is 1.49. The average Bonchev–Trinajstić information content (AvgIpc) is 2.42. The van der Waals surface area contributed by atoms with Crippen LogP contribution in [-0.4, -0.2) is 4.98 Å². The maximum atomic E-state index is 5.34. The lowest BCUT2D eigenvalue weighted by Crippen LogP contribution is -1.73. The predicted octanol–water partition coefficient (Wildman–Crippen LogP) is 3.05. The number of hydrogen-bond acceptors (Lipinski definition) is 2. The van der Waals surface area contributed by atoms with Gasteiger partial charge in [0, 0.05) is 6.92 Å². The molecular weight excluding hydrogens is 150 g/mol. The molecule has 0 amide bonds. The fourth-order valence-electron chi connectivity index (χ4n) is 0.949. The molecule has 1 aromatic rings. The van der Waals surface area contributed by atoms with Crippen LogP contribution in [0.4, 0.5) is 0 Å². The summed E-state index contributed by atoms with van der Waals surface area (Å²) in [4.78, 5) is 4.15. The second kappa shape index (κ2) is 3.90.